The number of oxime groups is 1. The first-order chi connectivity index (χ1) is 10.0. The Morgan fingerprint density at radius 3 is 2.86 bits per heavy atom. The number of hydrogen-bond acceptors (Lipinski definition) is 6. The number of nitrogens with two attached hydrogens (primary N) is 1. The van der Waals surface area contributed by atoms with E-state index in [0.29, 0.717) is 4.47 Å². The molecule has 0 bridgehead atoms. The van der Waals surface area contributed by atoms with Crippen LogP contribution in [0.2, 0.25) is 0 Å². The van der Waals surface area contributed by atoms with Gasteiger partial charge in [-0.1, -0.05) is 5.16 Å². The van der Waals surface area contributed by atoms with E-state index >= 15 is 0 Å². The van der Waals surface area contributed by atoms with E-state index < -0.39 is 4.92 Å². The SMILES string of the molecule is N/C(=N/O)c1ncccc1Oc1cc([N+](=O)[O-])ccc1Br. The van der Waals surface area contributed by atoms with E-state index in [0.717, 1.165) is 0 Å². The Kier molecular flexibility index (Phi) is 4.33. The van der Waals surface area contributed by atoms with Gasteiger partial charge in [-0.05, 0) is 34.1 Å². The first-order valence-corrected chi connectivity index (χ1v) is 6.37. The van der Waals surface area contributed by atoms with Gasteiger partial charge in [0.05, 0.1) is 15.5 Å². The Hall–Kier alpha value is -2.68. The number of amidine groups is 1. The number of benzene rings is 1. The van der Waals surface area contributed by atoms with Gasteiger partial charge in [-0.3, -0.25) is 10.1 Å². The highest BCUT2D eigenvalue weighted by atomic mass is 79.9. The molecule has 0 saturated heterocycles. The third-order valence-electron chi connectivity index (χ3n) is 2.47. The number of rotatable bonds is 4. The molecule has 1 aromatic carbocycles. The van der Waals surface area contributed by atoms with E-state index in [9.17, 15) is 10.1 Å². The minimum atomic E-state index is -0.535. The molecule has 0 atom stereocenters. The van der Waals surface area contributed by atoms with Crippen LogP contribution < -0.4 is 10.5 Å². The summed E-state index contributed by atoms with van der Waals surface area (Å²) in [6.07, 6.45) is 1.45. The zero-order valence-electron chi connectivity index (χ0n) is 10.4. The van der Waals surface area contributed by atoms with Gasteiger partial charge in [-0.15, -0.1) is 0 Å². The van der Waals surface area contributed by atoms with Crippen LogP contribution in [0.4, 0.5) is 5.69 Å². The third kappa shape index (κ3) is 3.26. The van der Waals surface area contributed by atoms with Crippen LogP contribution in [-0.4, -0.2) is 21.0 Å². The van der Waals surface area contributed by atoms with Crippen molar-refractivity contribution in [2.24, 2.45) is 10.9 Å². The van der Waals surface area contributed by atoms with Crippen molar-refractivity contribution in [2.45, 2.75) is 0 Å². The smallest absolute Gasteiger partial charge is 0.273 e. The molecule has 8 nitrogen and oxygen atoms in total. The van der Waals surface area contributed by atoms with Gasteiger partial charge in [-0.25, -0.2) is 4.98 Å². The second-order valence-electron chi connectivity index (χ2n) is 3.81. The summed E-state index contributed by atoms with van der Waals surface area (Å²) in [6, 6.07) is 7.23. The first-order valence-electron chi connectivity index (χ1n) is 5.57. The van der Waals surface area contributed by atoms with Gasteiger partial charge in [0.2, 0.25) is 0 Å². The number of non-ortho nitro benzene ring substituents is 1. The van der Waals surface area contributed by atoms with E-state index in [1.54, 1.807) is 12.1 Å². The van der Waals surface area contributed by atoms with Gasteiger partial charge < -0.3 is 15.7 Å². The van der Waals surface area contributed by atoms with Crippen LogP contribution >= 0.6 is 15.9 Å². The van der Waals surface area contributed by atoms with Crippen LogP contribution in [0.15, 0.2) is 46.2 Å². The number of halogens is 1. The second kappa shape index (κ2) is 6.18. The topological polar surface area (TPSA) is 124 Å². The Morgan fingerprint density at radius 1 is 1.43 bits per heavy atom. The van der Waals surface area contributed by atoms with Gasteiger partial charge in [0, 0.05) is 12.3 Å². The summed E-state index contributed by atoms with van der Waals surface area (Å²) in [6.45, 7) is 0. The van der Waals surface area contributed by atoms with Crippen molar-refractivity contribution in [2.75, 3.05) is 0 Å². The maximum absolute atomic E-state index is 10.8. The number of nitrogens with zero attached hydrogens (tertiary/aromatic N) is 3. The Morgan fingerprint density at radius 2 is 2.19 bits per heavy atom. The molecule has 2 rings (SSSR count). The number of pyridine rings is 1. The molecule has 0 unspecified atom stereocenters. The molecule has 0 fully saturated rings. The molecule has 0 aliphatic rings. The lowest BCUT2D eigenvalue weighted by molar-refractivity contribution is -0.384. The van der Waals surface area contributed by atoms with E-state index in [-0.39, 0.29) is 28.7 Å². The molecule has 2 aromatic rings. The summed E-state index contributed by atoms with van der Waals surface area (Å²) in [5.74, 6) is 0.186. The average molecular weight is 353 g/mol. The molecule has 21 heavy (non-hydrogen) atoms. The van der Waals surface area contributed by atoms with Crippen molar-refractivity contribution in [3.63, 3.8) is 0 Å². The molecule has 9 heteroatoms. The molecule has 1 heterocycles. The maximum Gasteiger partial charge on any atom is 0.273 e. The summed E-state index contributed by atoms with van der Waals surface area (Å²) in [5, 5.41) is 22.4. The standard InChI is InChI=1S/C12H9BrN4O4/c13-8-4-3-7(17(19)20)6-10(8)21-9-2-1-5-15-11(9)12(14)16-18/h1-6,18H,(H2,14,16). The van der Waals surface area contributed by atoms with E-state index in [1.165, 1.54) is 24.4 Å². The summed E-state index contributed by atoms with van der Waals surface area (Å²) in [5.41, 5.74) is 5.50. The number of aromatic nitrogens is 1. The van der Waals surface area contributed by atoms with Gasteiger partial charge in [0.1, 0.15) is 5.75 Å². The van der Waals surface area contributed by atoms with Crippen molar-refractivity contribution >= 4 is 27.5 Å². The Labute approximate surface area is 127 Å². The van der Waals surface area contributed by atoms with Gasteiger partial charge in [0.25, 0.3) is 5.69 Å². The quantitative estimate of drug-likeness (QED) is 0.286. The van der Waals surface area contributed by atoms with Crippen LogP contribution in [0, 0.1) is 10.1 Å². The van der Waals surface area contributed by atoms with Crippen LogP contribution in [0.3, 0.4) is 0 Å². The van der Waals surface area contributed by atoms with Crippen LogP contribution in [0.25, 0.3) is 0 Å². The first kappa shape index (κ1) is 14.7. The van der Waals surface area contributed by atoms with E-state index in [2.05, 4.69) is 26.1 Å². The fourth-order valence-corrected chi connectivity index (χ4v) is 1.84. The predicted octanol–water partition coefficient (Wildman–Crippen LogP) is 2.64. The Balaban J connectivity index is 2.43. The zero-order valence-corrected chi connectivity index (χ0v) is 12.0. The van der Waals surface area contributed by atoms with Crippen molar-refractivity contribution < 1.29 is 14.9 Å². The number of hydrogen-bond donors (Lipinski definition) is 2. The van der Waals surface area contributed by atoms with Crippen molar-refractivity contribution in [1.82, 2.24) is 4.98 Å². The molecular weight excluding hydrogens is 344 g/mol. The minimum Gasteiger partial charge on any atom is -0.453 e. The average Bonchev–Trinajstić information content (AvgIpc) is 2.49. The summed E-state index contributed by atoms with van der Waals surface area (Å²) >= 11 is 3.24. The molecule has 3 N–H and O–H groups in total. The molecule has 0 amide bonds. The zero-order chi connectivity index (χ0) is 15.4. The van der Waals surface area contributed by atoms with Crippen molar-refractivity contribution in [1.29, 1.82) is 0 Å². The van der Waals surface area contributed by atoms with Crippen LogP contribution in [-0.2, 0) is 0 Å². The lowest BCUT2D eigenvalue weighted by atomic mass is 10.3. The number of nitro groups is 1. The molecule has 0 radical (unpaired) electrons. The van der Waals surface area contributed by atoms with Gasteiger partial charge >= 0.3 is 0 Å². The minimum absolute atomic E-state index is 0.123. The highest BCUT2D eigenvalue weighted by Gasteiger charge is 2.15. The monoisotopic (exact) mass is 352 g/mol. The van der Waals surface area contributed by atoms with Gasteiger partial charge in [0.15, 0.2) is 17.3 Å². The lowest BCUT2D eigenvalue weighted by Crippen LogP contribution is -2.16. The summed E-state index contributed by atoms with van der Waals surface area (Å²) in [7, 11) is 0. The van der Waals surface area contributed by atoms with Crippen molar-refractivity contribution in [3.8, 4) is 11.5 Å². The maximum atomic E-state index is 10.8. The van der Waals surface area contributed by atoms with Crippen LogP contribution in [0.1, 0.15) is 5.69 Å². The van der Waals surface area contributed by atoms with Gasteiger partial charge in [-0.2, -0.15) is 0 Å². The molecule has 108 valence electrons. The largest absolute Gasteiger partial charge is 0.453 e. The molecule has 0 spiro atoms. The normalized spacial score (nSPS) is 11.2. The van der Waals surface area contributed by atoms with E-state index in [1.807, 2.05) is 0 Å². The summed E-state index contributed by atoms with van der Waals surface area (Å²) in [4.78, 5) is 14.2. The molecule has 0 saturated carbocycles. The van der Waals surface area contributed by atoms with E-state index in [4.69, 9.17) is 15.7 Å². The Bertz CT molecular complexity index is 720. The predicted molar refractivity (Wildman–Crippen MR) is 77.6 cm³/mol. The molecular formula is C12H9BrN4O4. The molecule has 1 aromatic heterocycles. The molecule has 0 aliphatic heterocycles. The molecule has 0 aliphatic carbocycles. The number of ether oxygens (including phenoxy) is 1. The van der Waals surface area contributed by atoms with Crippen LogP contribution in [0.5, 0.6) is 11.5 Å². The summed E-state index contributed by atoms with van der Waals surface area (Å²) < 4.78 is 6.08. The van der Waals surface area contributed by atoms with Crippen molar-refractivity contribution in [3.05, 3.63) is 56.8 Å². The highest BCUT2D eigenvalue weighted by molar-refractivity contribution is 9.10. The fraction of sp³-hybridized carbons (Fsp3) is 0. The second-order valence-corrected chi connectivity index (χ2v) is 4.66. The highest BCUT2D eigenvalue weighted by Crippen LogP contribution is 2.33. The third-order valence-corrected chi connectivity index (χ3v) is 3.12. The lowest BCUT2D eigenvalue weighted by Gasteiger charge is -2.10. The number of nitro benzene ring substituents is 1. The fourth-order valence-electron chi connectivity index (χ4n) is 1.51.